The van der Waals surface area contributed by atoms with Crippen molar-refractivity contribution in [1.29, 1.82) is 0 Å². The molecule has 0 bridgehead atoms. The molecule has 0 spiro atoms. The average molecular weight is 407 g/mol. The minimum absolute atomic E-state index is 0.00782. The van der Waals surface area contributed by atoms with Crippen LogP contribution in [-0.2, 0) is 11.8 Å². The number of hydrogen-bond donors (Lipinski definition) is 0. The molecule has 1 saturated heterocycles. The number of rotatable bonds is 5. The van der Waals surface area contributed by atoms with Gasteiger partial charge in [-0.25, -0.2) is 4.98 Å². The smallest absolute Gasteiger partial charge is 0.278 e. The van der Waals surface area contributed by atoms with Gasteiger partial charge in [0, 0.05) is 19.9 Å². The summed E-state index contributed by atoms with van der Waals surface area (Å²) in [5, 5.41) is 5.26. The van der Waals surface area contributed by atoms with Gasteiger partial charge in [-0.05, 0) is 31.0 Å². The van der Waals surface area contributed by atoms with Gasteiger partial charge in [-0.15, -0.1) is 0 Å². The number of carbonyl (C=O) groups excluding carboxylic acids is 1. The number of methoxy groups -OCH3 is 1. The minimum Gasteiger partial charge on any atom is -0.494 e. The molecule has 3 heterocycles. The van der Waals surface area contributed by atoms with Crippen molar-refractivity contribution in [3.8, 4) is 5.75 Å². The first-order valence-electron chi connectivity index (χ1n) is 8.63. The molecule has 2 aromatic heterocycles. The lowest BCUT2D eigenvalue weighted by Gasteiger charge is -2.23. The third-order valence-electron chi connectivity index (χ3n) is 4.59. The predicted octanol–water partition coefficient (Wildman–Crippen LogP) is 3.52. The Morgan fingerprint density at radius 1 is 1.48 bits per heavy atom. The van der Waals surface area contributed by atoms with Gasteiger partial charge in [0.2, 0.25) is 0 Å². The molecule has 0 saturated carbocycles. The topological polar surface area (TPSA) is 69.5 Å². The van der Waals surface area contributed by atoms with Crippen LogP contribution in [0.15, 0.2) is 24.4 Å². The maximum atomic E-state index is 13.2. The second-order valence-electron chi connectivity index (χ2n) is 6.31. The number of anilines is 1. The van der Waals surface area contributed by atoms with E-state index in [1.165, 1.54) is 11.3 Å². The highest BCUT2D eigenvalue weighted by Gasteiger charge is 2.29. The molecule has 3 aromatic rings. The summed E-state index contributed by atoms with van der Waals surface area (Å²) in [4.78, 5) is 19.6. The monoisotopic (exact) mass is 406 g/mol. The summed E-state index contributed by atoms with van der Waals surface area (Å²) in [7, 11) is 3.34. The molecular formula is C18H19ClN4O3S. The van der Waals surface area contributed by atoms with Crippen molar-refractivity contribution in [2.45, 2.75) is 18.9 Å². The number of aryl methyl sites for hydroxylation is 1. The van der Waals surface area contributed by atoms with Crippen molar-refractivity contribution in [2.75, 3.05) is 25.2 Å². The Hall–Kier alpha value is -2.16. The van der Waals surface area contributed by atoms with Crippen LogP contribution in [0.5, 0.6) is 5.75 Å². The lowest BCUT2D eigenvalue weighted by Crippen LogP contribution is -2.38. The minimum atomic E-state index is -0.167. The van der Waals surface area contributed by atoms with Crippen LogP contribution in [0.2, 0.25) is 5.02 Å². The van der Waals surface area contributed by atoms with E-state index in [-0.39, 0.29) is 12.0 Å². The number of thiazole rings is 1. The summed E-state index contributed by atoms with van der Waals surface area (Å²) < 4.78 is 13.5. The average Bonchev–Trinajstić information content (AvgIpc) is 3.40. The van der Waals surface area contributed by atoms with Crippen molar-refractivity contribution in [3.63, 3.8) is 0 Å². The summed E-state index contributed by atoms with van der Waals surface area (Å²) >= 11 is 7.72. The fourth-order valence-electron chi connectivity index (χ4n) is 3.18. The van der Waals surface area contributed by atoms with Crippen molar-refractivity contribution < 1.29 is 14.3 Å². The zero-order chi connectivity index (χ0) is 19.0. The Morgan fingerprint density at radius 3 is 3.00 bits per heavy atom. The molecule has 1 fully saturated rings. The Kier molecular flexibility index (Phi) is 5.03. The second kappa shape index (κ2) is 7.46. The van der Waals surface area contributed by atoms with Crippen LogP contribution in [0, 0.1) is 0 Å². The van der Waals surface area contributed by atoms with Crippen LogP contribution in [0.4, 0.5) is 5.13 Å². The zero-order valence-corrected chi connectivity index (χ0v) is 16.6. The summed E-state index contributed by atoms with van der Waals surface area (Å²) in [6.45, 7) is 1.15. The fourth-order valence-corrected chi connectivity index (χ4v) is 4.45. The van der Waals surface area contributed by atoms with E-state index < -0.39 is 0 Å². The summed E-state index contributed by atoms with van der Waals surface area (Å²) in [5.41, 5.74) is 1.14. The normalized spacial score (nSPS) is 16.8. The maximum absolute atomic E-state index is 13.2. The molecule has 1 amide bonds. The molecule has 1 aromatic carbocycles. The van der Waals surface area contributed by atoms with Crippen LogP contribution in [0.3, 0.4) is 0 Å². The maximum Gasteiger partial charge on any atom is 0.278 e. The molecule has 4 rings (SSSR count). The number of benzene rings is 1. The van der Waals surface area contributed by atoms with E-state index in [9.17, 15) is 4.79 Å². The third-order valence-corrected chi connectivity index (χ3v) is 6.13. The van der Waals surface area contributed by atoms with Crippen LogP contribution in [0.1, 0.15) is 23.3 Å². The highest BCUT2D eigenvalue weighted by Crippen LogP contribution is 2.39. The van der Waals surface area contributed by atoms with Crippen LogP contribution >= 0.6 is 22.9 Å². The van der Waals surface area contributed by atoms with Crippen molar-refractivity contribution in [2.24, 2.45) is 7.05 Å². The van der Waals surface area contributed by atoms with Crippen LogP contribution < -0.4 is 9.64 Å². The highest BCUT2D eigenvalue weighted by molar-refractivity contribution is 7.23. The second-order valence-corrected chi connectivity index (χ2v) is 7.70. The van der Waals surface area contributed by atoms with Gasteiger partial charge in [0.1, 0.15) is 17.0 Å². The molecule has 1 atom stereocenters. The summed E-state index contributed by atoms with van der Waals surface area (Å²) in [6.07, 6.45) is 3.52. The van der Waals surface area contributed by atoms with E-state index in [4.69, 9.17) is 21.1 Å². The quantitative estimate of drug-likeness (QED) is 0.648. The number of carbonyl (C=O) groups is 1. The standard InChI is InChI=1S/C18H19ClN4O3S/c1-22-13(7-8-20-22)17(24)23(10-11-4-3-9-26-11)18-21-15-14(25-2)6-5-12(19)16(15)27-18/h5-8,11H,3-4,9-10H2,1-2H3/t11-/m0/s1. The first-order valence-corrected chi connectivity index (χ1v) is 9.82. The van der Waals surface area contributed by atoms with E-state index in [0.29, 0.717) is 33.7 Å². The van der Waals surface area contributed by atoms with Gasteiger partial charge in [-0.2, -0.15) is 5.10 Å². The molecule has 0 radical (unpaired) electrons. The number of aromatic nitrogens is 3. The first-order chi connectivity index (χ1) is 13.1. The van der Waals surface area contributed by atoms with Gasteiger partial charge >= 0.3 is 0 Å². The summed E-state index contributed by atoms with van der Waals surface area (Å²) in [6, 6.07) is 5.26. The van der Waals surface area contributed by atoms with Gasteiger partial charge < -0.3 is 9.47 Å². The van der Waals surface area contributed by atoms with Crippen LogP contribution in [-0.4, -0.2) is 47.0 Å². The van der Waals surface area contributed by atoms with Crippen molar-refractivity contribution in [3.05, 3.63) is 35.1 Å². The van der Waals surface area contributed by atoms with Crippen molar-refractivity contribution >= 4 is 44.2 Å². The molecule has 7 nitrogen and oxygen atoms in total. The molecule has 0 aliphatic carbocycles. The Bertz CT molecular complexity index is 980. The van der Waals surface area contributed by atoms with Gasteiger partial charge in [-0.1, -0.05) is 22.9 Å². The van der Waals surface area contributed by atoms with Gasteiger partial charge in [0.15, 0.2) is 5.13 Å². The van der Waals surface area contributed by atoms with Gasteiger partial charge in [0.25, 0.3) is 5.91 Å². The number of fused-ring (bicyclic) bond motifs is 1. The number of amides is 1. The SMILES string of the molecule is COc1ccc(Cl)c2sc(N(C[C@@H]3CCCO3)C(=O)c3ccnn3C)nc12. The van der Waals surface area contributed by atoms with Gasteiger partial charge in [0.05, 0.1) is 29.5 Å². The zero-order valence-electron chi connectivity index (χ0n) is 15.0. The van der Waals surface area contributed by atoms with E-state index in [0.717, 1.165) is 24.1 Å². The third kappa shape index (κ3) is 3.40. The van der Waals surface area contributed by atoms with Crippen molar-refractivity contribution in [1.82, 2.24) is 14.8 Å². The molecule has 1 aliphatic rings. The first kappa shape index (κ1) is 18.2. The number of hydrogen-bond acceptors (Lipinski definition) is 6. The molecule has 27 heavy (non-hydrogen) atoms. The highest BCUT2D eigenvalue weighted by atomic mass is 35.5. The Balaban J connectivity index is 1.78. The lowest BCUT2D eigenvalue weighted by molar-refractivity contribution is 0.0909. The van der Waals surface area contributed by atoms with Gasteiger partial charge in [-0.3, -0.25) is 14.4 Å². The van der Waals surface area contributed by atoms with E-state index >= 15 is 0 Å². The predicted molar refractivity (Wildman–Crippen MR) is 105 cm³/mol. The van der Waals surface area contributed by atoms with E-state index in [1.54, 1.807) is 48.1 Å². The van der Waals surface area contributed by atoms with E-state index in [1.807, 2.05) is 0 Å². The van der Waals surface area contributed by atoms with Crippen LogP contribution in [0.25, 0.3) is 10.2 Å². The Morgan fingerprint density at radius 2 is 2.33 bits per heavy atom. The molecule has 142 valence electrons. The fraction of sp³-hybridized carbons (Fsp3) is 0.389. The molecule has 0 N–H and O–H groups in total. The molecule has 1 aliphatic heterocycles. The largest absolute Gasteiger partial charge is 0.494 e. The van der Waals surface area contributed by atoms with E-state index in [2.05, 4.69) is 10.1 Å². The molecule has 0 unspecified atom stereocenters. The molecular weight excluding hydrogens is 388 g/mol. The lowest BCUT2D eigenvalue weighted by atomic mass is 10.2. The Labute approximate surface area is 165 Å². The number of halogens is 1. The molecule has 9 heteroatoms. The summed E-state index contributed by atoms with van der Waals surface area (Å²) in [5.74, 6) is 0.460. The number of ether oxygens (including phenoxy) is 2. The number of nitrogens with zero attached hydrogens (tertiary/aromatic N) is 4.